The van der Waals surface area contributed by atoms with Gasteiger partial charge in [0.2, 0.25) is 5.91 Å². The van der Waals surface area contributed by atoms with Crippen LogP contribution >= 0.6 is 11.8 Å². The Kier molecular flexibility index (Phi) is 5.42. The van der Waals surface area contributed by atoms with Gasteiger partial charge in [0.15, 0.2) is 0 Å². The van der Waals surface area contributed by atoms with Crippen LogP contribution in [0.2, 0.25) is 0 Å². The average Bonchev–Trinajstić information content (AvgIpc) is 2.34. The molecule has 1 rings (SSSR count). The summed E-state index contributed by atoms with van der Waals surface area (Å²) in [5.74, 6) is 0.994. The number of benzene rings is 1. The minimum absolute atomic E-state index is 0.0335. The van der Waals surface area contributed by atoms with Crippen molar-refractivity contribution in [2.45, 2.75) is 4.90 Å². The quantitative estimate of drug-likeness (QED) is 0.459. The Hall–Kier alpha value is -1.62. The highest BCUT2D eigenvalue weighted by atomic mass is 32.2. The zero-order chi connectivity index (χ0) is 12.7. The SMILES string of the molecule is C=CCNC(=O)CSc1ccc(N)cc1OC. The van der Waals surface area contributed by atoms with Gasteiger partial charge in [0.05, 0.1) is 12.9 Å². The van der Waals surface area contributed by atoms with Crippen LogP contribution in [-0.2, 0) is 4.79 Å². The molecule has 0 heterocycles. The van der Waals surface area contributed by atoms with Crippen LogP contribution in [0.25, 0.3) is 0 Å². The third kappa shape index (κ3) is 4.40. The van der Waals surface area contributed by atoms with E-state index in [4.69, 9.17) is 10.5 Å². The molecular formula is C12H16N2O2S. The van der Waals surface area contributed by atoms with Gasteiger partial charge in [-0.1, -0.05) is 6.08 Å². The molecule has 17 heavy (non-hydrogen) atoms. The highest BCUT2D eigenvalue weighted by Gasteiger charge is 2.07. The molecule has 0 bridgehead atoms. The molecule has 1 aromatic carbocycles. The summed E-state index contributed by atoms with van der Waals surface area (Å²) in [6.45, 7) is 4.02. The predicted molar refractivity (Wildman–Crippen MR) is 71.3 cm³/mol. The van der Waals surface area contributed by atoms with Gasteiger partial charge < -0.3 is 15.8 Å². The van der Waals surface area contributed by atoms with Crippen molar-refractivity contribution in [3.8, 4) is 5.75 Å². The molecule has 0 fully saturated rings. The number of hydrogen-bond donors (Lipinski definition) is 2. The normalized spacial score (nSPS) is 9.71. The second-order valence-corrected chi connectivity index (χ2v) is 4.31. The Morgan fingerprint density at radius 1 is 1.65 bits per heavy atom. The van der Waals surface area contributed by atoms with E-state index in [0.717, 1.165) is 4.90 Å². The fourth-order valence-electron chi connectivity index (χ4n) is 1.18. The summed E-state index contributed by atoms with van der Waals surface area (Å²) < 4.78 is 5.19. The smallest absolute Gasteiger partial charge is 0.230 e. The number of carbonyl (C=O) groups is 1. The predicted octanol–water partition coefficient (Wildman–Crippen LogP) is 1.67. The maximum atomic E-state index is 11.4. The van der Waals surface area contributed by atoms with E-state index in [9.17, 15) is 4.79 Å². The Balaban J connectivity index is 2.56. The summed E-state index contributed by atoms with van der Waals surface area (Å²) in [5, 5.41) is 2.71. The molecule has 0 aliphatic carbocycles. The third-order valence-electron chi connectivity index (χ3n) is 1.99. The van der Waals surface area contributed by atoms with Crippen LogP contribution in [0.1, 0.15) is 0 Å². The first kappa shape index (κ1) is 13.4. The Labute approximate surface area is 105 Å². The summed E-state index contributed by atoms with van der Waals surface area (Å²) >= 11 is 1.41. The lowest BCUT2D eigenvalue weighted by molar-refractivity contribution is -0.118. The van der Waals surface area contributed by atoms with Crippen LogP contribution in [0, 0.1) is 0 Å². The standard InChI is InChI=1S/C12H16N2O2S/c1-3-6-14-12(15)8-17-11-5-4-9(13)7-10(11)16-2/h3-5,7H,1,6,8,13H2,2H3,(H,14,15). The number of rotatable bonds is 6. The molecule has 0 unspecified atom stereocenters. The number of amides is 1. The summed E-state index contributed by atoms with van der Waals surface area (Å²) in [5.41, 5.74) is 6.29. The molecule has 1 amide bonds. The van der Waals surface area contributed by atoms with Gasteiger partial charge in [-0.3, -0.25) is 4.79 Å². The summed E-state index contributed by atoms with van der Waals surface area (Å²) in [4.78, 5) is 12.3. The number of carbonyl (C=O) groups excluding carboxylic acids is 1. The van der Waals surface area contributed by atoms with Crippen molar-refractivity contribution in [1.29, 1.82) is 0 Å². The van der Waals surface area contributed by atoms with Crippen molar-refractivity contribution in [3.63, 3.8) is 0 Å². The van der Waals surface area contributed by atoms with Crippen LogP contribution in [0.15, 0.2) is 35.7 Å². The highest BCUT2D eigenvalue weighted by molar-refractivity contribution is 8.00. The van der Waals surface area contributed by atoms with Crippen LogP contribution < -0.4 is 15.8 Å². The molecule has 5 heteroatoms. The number of methoxy groups -OCH3 is 1. The van der Waals surface area contributed by atoms with Crippen LogP contribution in [-0.4, -0.2) is 25.3 Å². The highest BCUT2D eigenvalue weighted by Crippen LogP contribution is 2.30. The van der Waals surface area contributed by atoms with Crippen molar-refractivity contribution in [3.05, 3.63) is 30.9 Å². The minimum Gasteiger partial charge on any atom is -0.496 e. The third-order valence-corrected chi connectivity index (χ3v) is 3.04. The summed E-state index contributed by atoms with van der Waals surface area (Å²) in [6, 6.07) is 5.37. The molecule has 0 saturated heterocycles. The monoisotopic (exact) mass is 252 g/mol. The van der Waals surface area contributed by atoms with E-state index in [-0.39, 0.29) is 5.91 Å². The number of hydrogen-bond acceptors (Lipinski definition) is 4. The van der Waals surface area contributed by atoms with Gasteiger partial charge in [0.25, 0.3) is 0 Å². The van der Waals surface area contributed by atoms with E-state index in [0.29, 0.717) is 23.7 Å². The van der Waals surface area contributed by atoms with Gasteiger partial charge in [-0.2, -0.15) is 0 Å². The number of nitrogens with one attached hydrogen (secondary N) is 1. The molecule has 0 aromatic heterocycles. The topological polar surface area (TPSA) is 64.4 Å². The molecule has 3 N–H and O–H groups in total. The van der Waals surface area contributed by atoms with Crippen molar-refractivity contribution in [1.82, 2.24) is 5.32 Å². The largest absolute Gasteiger partial charge is 0.496 e. The molecule has 4 nitrogen and oxygen atoms in total. The number of nitrogens with two attached hydrogens (primary N) is 1. The lowest BCUT2D eigenvalue weighted by atomic mass is 10.3. The average molecular weight is 252 g/mol. The number of ether oxygens (including phenoxy) is 1. The number of anilines is 1. The van der Waals surface area contributed by atoms with Gasteiger partial charge in [-0.05, 0) is 12.1 Å². The van der Waals surface area contributed by atoms with E-state index in [1.165, 1.54) is 11.8 Å². The second kappa shape index (κ2) is 6.85. The summed E-state index contributed by atoms with van der Waals surface area (Å²) in [6.07, 6.45) is 1.65. The first-order chi connectivity index (χ1) is 8.17. The molecule has 1 aromatic rings. The molecule has 0 aliphatic heterocycles. The minimum atomic E-state index is -0.0335. The Morgan fingerprint density at radius 3 is 3.06 bits per heavy atom. The Bertz CT molecular complexity index is 407. The number of thioether (sulfide) groups is 1. The second-order valence-electron chi connectivity index (χ2n) is 3.29. The molecule has 92 valence electrons. The van der Waals surface area contributed by atoms with Gasteiger partial charge in [0, 0.05) is 23.2 Å². The molecule has 0 aliphatic rings. The molecule has 0 radical (unpaired) electrons. The van der Waals surface area contributed by atoms with Gasteiger partial charge in [-0.15, -0.1) is 18.3 Å². The van der Waals surface area contributed by atoms with Crippen LogP contribution in [0.4, 0.5) is 5.69 Å². The van der Waals surface area contributed by atoms with E-state index in [1.54, 1.807) is 25.3 Å². The lowest BCUT2D eigenvalue weighted by Gasteiger charge is -2.08. The summed E-state index contributed by atoms with van der Waals surface area (Å²) in [7, 11) is 1.58. The first-order valence-electron chi connectivity index (χ1n) is 5.11. The fourth-order valence-corrected chi connectivity index (χ4v) is 2.02. The van der Waals surface area contributed by atoms with Crippen molar-refractivity contribution < 1.29 is 9.53 Å². The first-order valence-corrected chi connectivity index (χ1v) is 6.10. The molecule has 0 atom stereocenters. The van der Waals surface area contributed by atoms with Crippen LogP contribution in [0.3, 0.4) is 0 Å². The van der Waals surface area contributed by atoms with E-state index >= 15 is 0 Å². The zero-order valence-corrected chi connectivity index (χ0v) is 10.5. The fraction of sp³-hybridized carbons (Fsp3) is 0.250. The van der Waals surface area contributed by atoms with Crippen LogP contribution in [0.5, 0.6) is 5.75 Å². The zero-order valence-electron chi connectivity index (χ0n) is 9.73. The maximum Gasteiger partial charge on any atom is 0.230 e. The molecular weight excluding hydrogens is 236 g/mol. The number of nitrogen functional groups attached to an aromatic ring is 1. The van der Waals surface area contributed by atoms with Crippen molar-refractivity contribution in [2.24, 2.45) is 0 Å². The molecule has 0 saturated carbocycles. The molecule has 0 spiro atoms. The Morgan fingerprint density at radius 2 is 2.41 bits per heavy atom. The van der Waals surface area contributed by atoms with E-state index in [2.05, 4.69) is 11.9 Å². The van der Waals surface area contributed by atoms with Gasteiger partial charge >= 0.3 is 0 Å². The maximum absolute atomic E-state index is 11.4. The van der Waals surface area contributed by atoms with Gasteiger partial charge in [-0.25, -0.2) is 0 Å². The lowest BCUT2D eigenvalue weighted by Crippen LogP contribution is -2.24. The van der Waals surface area contributed by atoms with Gasteiger partial charge in [0.1, 0.15) is 5.75 Å². The van der Waals surface area contributed by atoms with Crippen molar-refractivity contribution >= 4 is 23.4 Å². The van der Waals surface area contributed by atoms with Crippen molar-refractivity contribution in [2.75, 3.05) is 25.1 Å². The van der Waals surface area contributed by atoms with E-state index < -0.39 is 0 Å². The van der Waals surface area contributed by atoms with E-state index in [1.807, 2.05) is 6.07 Å².